The molecule has 0 spiro atoms. The van der Waals surface area contributed by atoms with Gasteiger partial charge in [-0.25, -0.2) is 0 Å². The van der Waals surface area contributed by atoms with Crippen molar-refractivity contribution >= 4 is 17.8 Å². The van der Waals surface area contributed by atoms with Crippen molar-refractivity contribution < 1.29 is 19.5 Å². The van der Waals surface area contributed by atoms with Crippen LogP contribution in [-0.2, 0) is 14.4 Å². The molecule has 0 aromatic carbocycles. The summed E-state index contributed by atoms with van der Waals surface area (Å²) in [5, 5.41) is 13.5. The predicted molar refractivity (Wildman–Crippen MR) is 62.4 cm³/mol. The highest BCUT2D eigenvalue weighted by atomic mass is 16.4. The highest BCUT2D eigenvalue weighted by molar-refractivity contribution is 5.84. The molecule has 0 aromatic heterocycles. The lowest BCUT2D eigenvalue weighted by Gasteiger charge is -2.05. The number of carboxylic acid groups (broad SMARTS) is 1. The first-order chi connectivity index (χ1) is 8.06. The maximum Gasteiger partial charge on any atom is 0.303 e. The lowest BCUT2D eigenvalue weighted by molar-refractivity contribution is -0.137. The Morgan fingerprint density at radius 1 is 1.00 bits per heavy atom. The van der Waals surface area contributed by atoms with Crippen molar-refractivity contribution in [2.24, 2.45) is 0 Å². The number of nitrogens with one attached hydrogen (secondary N) is 2. The smallest absolute Gasteiger partial charge is 0.303 e. The molecule has 0 unspecified atom stereocenters. The summed E-state index contributed by atoms with van der Waals surface area (Å²) in [6.07, 6.45) is 2.19. The number of aliphatic carboxylic acids is 1. The Kier molecular flexibility index (Phi) is 8.72. The molecule has 0 saturated carbocycles. The molecule has 0 aliphatic carbocycles. The van der Waals surface area contributed by atoms with Gasteiger partial charge in [-0.2, -0.15) is 0 Å². The molecule has 0 fully saturated rings. The number of hydrogen-bond acceptors (Lipinski definition) is 3. The van der Waals surface area contributed by atoms with E-state index in [-0.39, 0.29) is 31.2 Å². The molecule has 3 N–H and O–H groups in total. The van der Waals surface area contributed by atoms with Crippen LogP contribution in [0.5, 0.6) is 0 Å². The van der Waals surface area contributed by atoms with Gasteiger partial charge in [-0.05, 0) is 19.3 Å². The molecule has 0 rings (SSSR count). The summed E-state index contributed by atoms with van der Waals surface area (Å²) in [6, 6.07) is 0. The second-order valence-corrected chi connectivity index (χ2v) is 3.73. The standard InChI is InChI=1S/C11H20N2O4/c1-2-7-12-10(15)8-13-9(14)5-3-4-6-11(16)17/h2-8H2,1H3,(H,12,15)(H,13,14)(H,16,17). The molecule has 0 aliphatic rings. The Hall–Kier alpha value is -1.59. The third-order valence-electron chi connectivity index (χ3n) is 2.06. The monoisotopic (exact) mass is 244 g/mol. The van der Waals surface area contributed by atoms with Crippen molar-refractivity contribution in [3.63, 3.8) is 0 Å². The van der Waals surface area contributed by atoms with Crippen molar-refractivity contribution in [3.05, 3.63) is 0 Å². The summed E-state index contributed by atoms with van der Waals surface area (Å²) >= 11 is 0. The van der Waals surface area contributed by atoms with E-state index in [1.807, 2.05) is 6.92 Å². The van der Waals surface area contributed by atoms with Crippen LogP contribution in [0.4, 0.5) is 0 Å². The Balaban J connectivity index is 3.46. The van der Waals surface area contributed by atoms with Crippen LogP contribution in [0, 0.1) is 0 Å². The minimum absolute atomic E-state index is 0.0161. The van der Waals surface area contributed by atoms with Crippen molar-refractivity contribution in [2.75, 3.05) is 13.1 Å². The fraction of sp³-hybridized carbons (Fsp3) is 0.727. The first-order valence-electron chi connectivity index (χ1n) is 5.81. The molecular formula is C11H20N2O4. The molecule has 0 saturated heterocycles. The average molecular weight is 244 g/mol. The van der Waals surface area contributed by atoms with Gasteiger partial charge in [0.2, 0.25) is 11.8 Å². The van der Waals surface area contributed by atoms with Crippen LogP contribution in [0.1, 0.15) is 39.0 Å². The Labute approximate surface area is 101 Å². The fourth-order valence-electron chi connectivity index (χ4n) is 1.16. The van der Waals surface area contributed by atoms with Crippen LogP contribution in [0.25, 0.3) is 0 Å². The van der Waals surface area contributed by atoms with Gasteiger partial charge in [0.15, 0.2) is 0 Å². The largest absolute Gasteiger partial charge is 0.481 e. The Bertz CT molecular complexity index is 266. The first kappa shape index (κ1) is 15.4. The van der Waals surface area contributed by atoms with Gasteiger partial charge in [0.25, 0.3) is 0 Å². The van der Waals surface area contributed by atoms with Crippen LogP contribution in [0.2, 0.25) is 0 Å². The number of amides is 2. The number of carbonyl (C=O) groups is 3. The van der Waals surface area contributed by atoms with Gasteiger partial charge in [-0.1, -0.05) is 6.92 Å². The molecule has 6 nitrogen and oxygen atoms in total. The zero-order valence-corrected chi connectivity index (χ0v) is 10.1. The molecule has 0 bridgehead atoms. The van der Waals surface area contributed by atoms with Crippen LogP contribution in [0.15, 0.2) is 0 Å². The van der Waals surface area contributed by atoms with Gasteiger partial charge >= 0.3 is 5.97 Å². The average Bonchev–Trinajstić information content (AvgIpc) is 2.29. The zero-order valence-electron chi connectivity index (χ0n) is 10.1. The summed E-state index contributed by atoms with van der Waals surface area (Å²) < 4.78 is 0. The summed E-state index contributed by atoms with van der Waals surface area (Å²) in [5.41, 5.74) is 0. The number of hydrogen-bond donors (Lipinski definition) is 3. The van der Waals surface area contributed by atoms with Gasteiger partial charge in [-0.3, -0.25) is 14.4 Å². The lowest BCUT2D eigenvalue weighted by Crippen LogP contribution is -2.37. The number of rotatable bonds is 9. The highest BCUT2D eigenvalue weighted by Crippen LogP contribution is 1.99. The third kappa shape index (κ3) is 10.7. The minimum Gasteiger partial charge on any atom is -0.481 e. The zero-order chi connectivity index (χ0) is 13.1. The Morgan fingerprint density at radius 2 is 1.65 bits per heavy atom. The molecule has 0 heterocycles. The molecular weight excluding hydrogens is 224 g/mol. The van der Waals surface area contributed by atoms with Crippen molar-refractivity contribution in [1.29, 1.82) is 0 Å². The van der Waals surface area contributed by atoms with E-state index < -0.39 is 5.97 Å². The molecule has 0 atom stereocenters. The van der Waals surface area contributed by atoms with Crippen LogP contribution >= 0.6 is 0 Å². The van der Waals surface area contributed by atoms with E-state index in [4.69, 9.17) is 5.11 Å². The highest BCUT2D eigenvalue weighted by Gasteiger charge is 2.05. The maximum atomic E-state index is 11.2. The van der Waals surface area contributed by atoms with Crippen molar-refractivity contribution in [3.8, 4) is 0 Å². The van der Waals surface area contributed by atoms with E-state index in [0.29, 0.717) is 19.4 Å². The van der Waals surface area contributed by atoms with Crippen LogP contribution in [0.3, 0.4) is 0 Å². The summed E-state index contributed by atoms with van der Waals surface area (Å²) in [6.45, 7) is 2.53. The van der Waals surface area contributed by atoms with Gasteiger partial charge in [0.05, 0.1) is 6.54 Å². The molecule has 17 heavy (non-hydrogen) atoms. The maximum absolute atomic E-state index is 11.2. The number of carboxylic acids is 1. The topological polar surface area (TPSA) is 95.5 Å². The fourth-order valence-corrected chi connectivity index (χ4v) is 1.16. The quantitative estimate of drug-likeness (QED) is 0.507. The molecule has 2 amide bonds. The van der Waals surface area contributed by atoms with Gasteiger partial charge in [-0.15, -0.1) is 0 Å². The third-order valence-corrected chi connectivity index (χ3v) is 2.06. The molecule has 6 heteroatoms. The number of carbonyl (C=O) groups excluding carboxylic acids is 2. The van der Waals surface area contributed by atoms with Crippen LogP contribution < -0.4 is 10.6 Å². The van der Waals surface area contributed by atoms with E-state index in [1.54, 1.807) is 0 Å². The minimum atomic E-state index is -0.857. The van der Waals surface area contributed by atoms with E-state index in [1.165, 1.54) is 0 Å². The van der Waals surface area contributed by atoms with Gasteiger partial charge < -0.3 is 15.7 Å². The van der Waals surface area contributed by atoms with Gasteiger partial charge in [0.1, 0.15) is 0 Å². The summed E-state index contributed by atoms with van der Waals surface area (Å²) in [5.74, 6) is -1.28. The normalized spacial score (nSPS) is 9.71. The summed E-state index contributed by atoms with van der Waals surface area (Å²) in [4.78, 5) is 32.6. The SMILES string of the molecule is CCCNC(=O)CNC(=O)CCCCC(=O)O. The molecule has 0 aliphatic heterocycles. The second-order valence-electron chi connectivity index (χ2n) is 3.73. The Morgan fingerprint density at radius 3 is 2.24 bits per heavy atom. The van der Waals surface area contributed by atoms with Crippen molar-refractivity contribution in [1.82, 2.24) is 10.6 Å². The van der Waals surface area contributed by atoms with E-state index in [9.17, 15) is 14.4 Å². The van der Waals surface area contributed by atoms with E-state index in [2.05, 4.69) is 10.6 Å². The van der Waals surface area contributed by atoms with Gasteiger partial charge in [0, 0.05) is 19.4 Å². The summed E-state index contributed by atoms with van der Waals surface area (Å²) in [7, 11) is 0. The second kappa shape index (κ2) is 9.62. The molecule has 0 aromatic rings. The molecule has 98 valence electrons. The predicted octanol–water partition coefficient (Wildman–Crippen LogP) is 0.274. The van der Waals surface area contributed by atoms with Crippen molar-refractivity contribution in [2.45, 2.75) is 39.0 Å². The van der Waals surface area contributed by atoms with Crippen LogP contribution in [-0.4, -0.2) is 36.0 Å². The van der Waals surface area contributed by atoms with E-state index >= 15 is 0 Å². The first-order valence-corrected chi connectivity index (χ1v) is 5.81. The lowest BCUT2D eigenvalue weighted by atomic mass is 10.2. The molecule has 0 radical (unpaired) electrons. The van der Waals surface area contributed by atoms with E-state index in [0.717, 1.165) is 6.42 Å². The number of unbranched alkanes of at least 4 members (excludes halogenated alkanes) is 1.